The predicted molar refractivity (Wildman–Crippen MR) is 431 cm³/mol. The minimum Gasteiger partial charge on any atom is -0.370 e. The summed E-state index contributed by atoms with van der Waals surface area (Å²) >= 11 is 0. The highest BCUT2D eigenvalue weighted by Crippen LogP contribution is 2.17. The Kier molecular flexibility index (Phi) is 49.7. The number of nitrogens with one attached hydrogen (secondary N) is 14. The fourth-order valence-electron chi connectivity index (χ4n) is 11.9. The van der Waals surface area contributed by atoms with E-state index >= 15 is 0 Å². The van der Waals surface area contributed by atoms with Crippen LogP contribution in [0.1, 0.15) is 215 Å². The van der Waals surface area contributed by atoms with Crippen molar-refractivity contribution in [2.75, 3.05) is 32.7 Å². The Morgan fingerprint density at radius 2 is 0.549 bits per heavy atom. The molecule has 0 radical (unpaired) electrons. The van der Waals surface area contributed by atoms with Gasteiger partial charge in [-0.05, 0) is 157 Å². The second-order valence-electron chi connectivity index (χ2n) is 32.0. The van der Waals surface area contributed by atoms with E-state index in [4.69, 9.17) is 40.1 Å². The standard InChI is InChI=1S/C75H141N23O15/c1-38(2)33-52(63(103)85-37-56(100)88-49(27-23-31-83-74(79)80)64(104)91-54(35-40(5)6)69(109)95-57(42(9)10)61(78)101)93-72(112)59(44(13)14)97-67(107)50(26-20-22-30-77)90-71(111)58(43(11)12)98-70(110)55(36-41(7)8)92-65(105)51(28-24-32-84-75(81)82)89-62(102)46(17)86-68(108)53(34-39(3)4)94-73(113)60(45(15)16)96-66(106)48(87-47(18)99)25-19-21-29-76/h38-46,48-55,57-60H,19-37,76-77H2,1-18H3,(H2,78,101)(H,85,103)(H,86,108)(H,87,99)(H,88,100)(H,89,102)(H,90,111)(H,91,104)(H,92,105)(H,93,112)(H,94,113)(H,95,109)(H,96,106)(H,97,107)(H,98,110)(H4,79,80,83)(H4,81,82,84)/t46-,48-,49-,50-,51-,52-,53-,54-,55-,57-,58-,59-,60-/m0/s1. The summed E-state index contributed by atoms with van der Waals surface area (Å²) in [6.45, 7) is 30.4. The van der Waals surface area contributed by atoms with Crippen LogP contribution in [0.4, 0.5) is 0 Å². The quantitative estimate of drug-likeness (QED) is 0.0165. The molecule has 0 heterocycles. The van der Waals surface area contributed by atoms with Crippen molar-refractivity contribution in [3.8, 4) is 0 Å². The van der Waals surface area contributed by atoms with Crippen molar-refractivity contribution in [3.63, 3.8) is 0 Å². The number of unbranched alkanes of at least 4 members (excludes halogenated alkanes) is 2. The molecule has 0 aromatic heterocycles. The van der Waals surface area contributed by atoms with Crippen molar-refractivity contribution in [1.29, 1.82) is 0 Å². The smallest absolute Gasteiger partial charge is 0.243 e. The lowest BCUT2D eigenvalue weighted by molar-refractivity contribution is -0.137. The lowest BCUT2D eigenvalue weighted by Gasteiger charge is -2.30. The van der Waals surface area contributed by atoms with Crippen molar-refractivity contribution in [2.45, 2.75) is 293 Å². The number of rotatable bonds is 56. The number of carbonyl (C=O) groups is 15. The number of nitrogens with two attached hydrogens (primary N) is 7. The number of carbonyl (C=O) groups excluding carboxylic acids is 15. The molecule has 646 valence electrons. The summed E-state index contributed by atoms with van der Waals surface area (Å²) in [5, 5.41) is 37.5. The molecular weight excluding hydrogens is 1460 g/mol. The third-order valence-corrected chi connectivity index (χ3v) is 17.9. The van der Waals surface area contributed by atoms with Gasteiger partial charge in [-0.25, -0.2) is 0 Å². The zero-order valence-corrected chi connectivity index (χ0v) is 70.1. The van der Waals surface area contributed by atoms with Crippen molar-refractivity contribution < 1.29 is 71.9 Å². The summed E-state index contributed by atoms with van der Waals surface area (Å²) in [6, 6.07) is -16.1. The van der Waals surface area contributed by atoms with Crippen LogP contribution in [0, 0.1) is 47.3 Å². The molecule has 28 N–H and O–H groups in total. The summed E-state index contributed by atoms with van der Waals surface area (Å²) in [4.78, 5) is 216. The van der Waals surface area contributed by atoms with E-state index in [1.807, 2.05) is 27.7 Å². The highest BCUT2D eigenvalue weighted by molar-refractivity contribution is 6.00. The van der Waals surface area contributed by atoms with Crippen molar-refractivity contribution in [1.82, 2.24) is 74.4 Å². The van der Waals surface area contributed by atoms with Gasteiger partial charge < -0.3 is 115 Å². The molecule has 13 atom stereocenters. The molecule has 15 amide bonds. The highest BCUT2D eigenvalue weighted by Gasteiger charge is 2.39. The number of hydrogen-bond acceptors (Lipinski definition) is 19. The Bertz CT molecular complexity index is 3140. The number of amides is 15. The van der Waals surface area contributed by atoms with Gasteiger partial charge in [0, 0.05) is 20.0 Å². The zero-order chi connectivity index (χ0) is 86.7. The molecule has 0 fully saturated rings. The SMILES string of the molecule is CC(=O)N[C@@H](CCCCN)C(=O)N[C@H](C(=O)N[C@@H](CC(C)C)C(=O)N[C@@H](C)C(=O)N[C@@H](CCCN=C(N)N)C(=O)N[C@@H](CC(C)C)C(=O)N[C@H](C(=O)N[C@@H](CCCCN)C(=O)N[C@H](C(=O)N[C@@H](CC(C)C)C(=O)NCC(=O)N[C@@H](CCCN=C(N)N)C(=O)N[C@@H](CC(C)C)C(=O)N[C@H](C(N)=O)C(C)C)C(C)C)C(C)C)C(C)C. The summed E-state index contributed by atoms with van der Waals surface area (Å²) < 4.78 is 0. The third kappa shape index (κ3) is 42.8. The maximum atomic E-state index is 14.6. The summed E-state index contributed by atoms with van der Waals surface area (Å²) in [7, 11) is 0. The van der Waals surface area contributed by atoms with Gasteiger partial charge >= 0.3 is 0 Å². The predicted octanol–water partition coefficient (Wildman–Crippen LogP) is -2.90. The van der Waals surface area contributed by atoms with Gasteiger partial charge in [-0.3, -0.25) is 81.9 Å². The molecule has 0 saturated heterocycles. The van der Waals surface area contributed by atoms with E-state index in [0.29, 0.717) is 32.2 Å². The molecule has 0 saturated carbocycles. The van der Waals surface area contributed by atoms with Crippen molar-refractivity contribution in [3.05, 3.63) is 0 Å². The van der Waals surface area contributed by atoms with Gasteiger partial charge in [0.2, 0.25) is 88.6 Å². The van der Waals surface area contributed by atoms with E-state index in [-0.39, 0.29) is 125 Å². The van der Waals surface area contributed by atoms with Gasteiger partial charge in [0.25, 0.3) is 0 Å². The molecular formula is C75H141N23O15. The number of aliphatic imine (C=N–C) groups is 2. The van der Waals surface area contributed by atoms with Gasteiger partial charge in [-0.15, -0.1) is 0 Å². The number of hydrogen-bond donors (Lipinski definition) is 21. The Hall–Kier alpha value is -9.49. The van der Waals surface area contributed by atoms with Crippen molar-refractivity contribution in [2.24, 2.45) is 97.5 Å². The zero-order valence-electron chi connectivity index (χ0n) is 70.1. The van der Waals surface area contributed by atoms with Gasteiger partial charge in [-0.1, -0.05) is 111 Å². The van der Waals surface area contributed by atoms with Crippen LogP contribution in [-0.2, 0) is 71.9 Å². The summed E-state index contributed by atoms with van der Waals surface area (Å²) in [6.07, 6.45) is 2.69. The Labute approximate surface area is 667 Å². The normalized spacial score (nSPS) is 14.9. The van der Waals surface area contributed by atoms with E-state index in [0.717, 1.165) is 0 Å². The van der Waals surface area contributed by atoms with Gasteiger partial charge in [0.1, 0.15) is 78.5 Å². The second-order valence-corrected chi connectivity index (χ2v) is 32.0. The van der Waals surface area contributed by atoms with Crippen LogP contribution in [0.15, 0.2) is 9.98 Å². The molecule has 38 nitrogen and oxygen atoms in total. The molecule has 38 heteroatoms. The first-order chi connectivity index (χ1) is 52.7. The van der Waals surface area contributed by atoms with E-state index in [1.165, 1.54) is 13.8 Å². The first-order valence-corrected chi connectivity index (χ1v) is 39.7. The van der Waals surface area contributed by atoms with E-state index in [9.17, 15) is 71.9 Å². The first-order valence-electron chi connectivity index (χ1n) is 39.7. The Balaban J connectivity index is 6.91. The summed E-state index contributed by atoms with van der Waals surface area (Å²) in [5.41, 5.74) is 39.3. The van der Waals surface area contributed by atoms with Crippen molar-refractivity contribution >= 4 is 101 Å². The lowest BCUT2D eigenvalue weighted by Crippen LogP contribution is -2.61. The molecule has 113 heavy (non-hydrogen) atoms. The number of primary amides is 1. The molecule has 0 aliphatic heterocycles. The minimum absolute atomic E-state index is 0.0161. The molecule has 0 aromatic rings. The van der Waals surface area contributed by atoms with E-state index in [2.05, 4.69) is 84.4 Å². The molecule has 0 bridgehead atoms. The topological polar surface area (TPSA) is 631 Å². The minimum atomic E-state index is -1.38. The van der Waals surface area contributed by atoms with Gasteiger partial charge in [-0.2, -0.15) is 0 Å². The maximum absolute atomic E-state index is 14.6. The van der Waals surface area contributed by atoms with Gasteiger partial charge in [0.05, 0.1) is 6.54 Å². The van der Waals surface area contributed by atoms with Crippen LogP contribution in [0.25, 0.3) is 0 Å². The Morgan fingerprint density at radius 1 is 0.283 bits per heavy atom. The average molecular weight is 1610 g/mol. The molecule has 0 unspecified atom stereocenters. The summed E-state index contributed by atoms with van der Waals surface area (Å²) in [5.74, 6) is -14.5. The van der Waals surface area contributed by atoms with Crippen LogP contribution in [0.2, 0.25) is 0 Å². The molecule has 0 aromatic carbocycles. The van der Waals surface area contributed by atoms with Crippen LogP contribution in [0.5, 0.6) is 0 Å². The molecule has 0 spiro atoms. The fourth-order valence-corrected chi connectivity index (χ4v) is 11.9. The highest BCUT2D eigenvalue weighted by atomic mass is 16.2. The average Bonchev–Trinajstić information content (AvgIpc) is 0.859. The van der Waals surface area contributed by atoms with E-state index < -0.39 is 191 Å². The first kappa shape index (κ1) is 104. The van der Waals surface area contributed by atoms with Crippen LogP contribution < -0.4 is 115 Å². The monoisotopic (exact) mass is 1600 g/mol. The number of nitrogens with zero attached hydrogens (tertiary/aromatic N) is 2. The van der Waals surface area contributed by atoms with Crippen LogP contribution in [-0.4, -0.2) is 212 Å². The third-order valence-electron chi connectivity index (χ3n) is 17.9. The van der Waals surface area contributed by atoms with Crippen LogP contribution >= 0.6 is 0 Å². The lowest BCUT2D eigenvalue weighted by atomic mass is 9.98. The van der Waals surface area contributed by atoms with E-state index in [1.54, 1.807) is 83.1 Å². The Morgan fingerprint density at radius 3 is 0.858 bits per heavy atom. The largest absolute Gasteiger partial charge is 0.370 e. The second kappa shape index (κ2) is 54.3. The maximum Gasteiger partial charge on any atom is 0.243 e. The van der Waals surface area contributed by atoms with Crippen LogP contribution in [0.3, 0.4) is 0 Å². The fraction of sp³-hybridized carbons (Fsp3) is 0.773. The number of guanidine groups is 2. The molecule has 0 aliphatic rings. The molecule has 0 rings (SSSR count). The molecule has 0 aliphatic carbocycles. The van der Waals surface area contributed by atoms with Gasteiger partial charge in [0.15, 0.2) is 11.9 Å².